The lowest BCUT2D eigenvalue weighted by atomic mass is 10.1. The Balaban J connectivity index is 1.49. The van der Waals surface area contributed by atoms with Crippen LogP contribution in [0.2, 0.25) is 0 Å². The van der Waals surface area contributed by atoms with E-state index in [0.717, 1.165) is 11.7 Å². The summed E-state index contributed by atoms with van der Waals surface area (Å²) >= 11 is 0. The molecule has 1 amide bonds. The van der Waals surface area contributed by atoms with E-state index in [2.05, 4.69) is 0 Å². The maximum absolute atomic E-state index is 11.6. The molecule has 2 aliphatic rings. The summed E-state index contributed by atoms with van der Waals surface area (Å²) < 4.78 is 0. The first-order valence-electron chi connectivity index (χ1n) is 6.00. The van der Waals surface area contributed by atoms with E-state index in [4.69, 9.17) is 5.11 Å². The Kier molecular flexibility index (Phi) is 4.85. The third-order valence-corrected chi connectivity index (χ3v) is 6.12. The maximum atomic E-state index is 11.6. The van der Waals surface area contributed by atoms with Crippen molar-refractivity contribution in [2.24, 2.45) is 0 Å². The second-order valence-electron chi connectivity index (χ2n) is 4.53. The number of amides is 1. The van der Waals surface area contributed by atoms with E-state index in [-0.39, 0.29) is 12.0 Å². The third kappa shape index (κ3) is 3.57. The Hall–Kier alpha value is 0.130. The molecule has 0 aliphatic carbocycles. The summed E-state index contributed by atoms with van der Waals surface area (Å²) in [6.07, 6.45) is 5.16. The van der Waals surface area contributed by atoms with Crippen LogP contribution >= 0.6 is 21.6 Å². The summed E-state index contributed by atoms with van der Waals surface area (Å²) in [5, 5.41) is 9.91. The van der Waals surface area contributed by atoms with Crippen molar-refractivity contribution >= 4 is 27.5 Å². The number of rotatable bonds is 5. The third-order valence-electron chi connectivity index (χ3n) is 3.11. The number of hydrogen-bond acceptors (Lipinski definition) is 4. The van der Waals surface area contributed by atoms with E-state index in [1.807, 2.05) is 21.6 Å². The molecule has 0 unspecified atom stereocenters. The molecule has 2 heterocycles. The highest BCUT2D eigenvalue weighted by Crippen LogP contribution is 2.39. The van der Waals surface area contributed by atoms with Crippen molar-refractivity contribution in [1.29, 1.82) is 0 Å². The number of hydrogen-bond donors (Lipinski definition) is 1. The molecule has 1 atom stereocenters. The largest absolute Gasteiger partial charge is 0.389 e. The van der Waals surface area contributed by atoms with E-state index in [1.165, 1.54) is 25.0 Å². The van der Waals surface area contributed by atoms with Gasteiger partial charge >= 0.3 is 0 Å². The zero-order chi connectivity index (χ0) is 11.4. The zero-order valence-corrected chi connectivity index (χ0v) is 11.1. The Bertz CT molecular complexity index is 238. The van der Waals surface area contributed by atoms with Crippen molar-refractivity contribution in [3.63, 3.8) is 0 Å². The quantitative estimate of drug-likeness (QED) is 0.606. The first kappa shape index (κ1) is 12.6. The van der Waals surface area contributed by atoms with Crippen LogP contribution in [0.5, 0.6) is 0 Å². The van der Waals surface area contributed by atoms with Gasteiger partial charge in [-0.25, -0.2) is 0 Å². The van der Waals surface area contributed by atoms with Crippen molar-refractivity contribution in [2.45, 2.75) is 43.5 Å². The van der Waals surface area contributed by atoms with Gasteiger partial charge in [0, 0.05) is 30.5 Å². The Morgan fingerprint density at radius 2 is 2.19 bits per heavy atom. The molecule has 2 aliphatic heterocycles. The van der Waals surface area contributed by atoms with Crippen LogP contribution < -0.4 is 0 Å². The normalized spacial score (nSPS) is 25.8. The molecule has 0 aromatic heterocycles. The van der Waals surface area contributed by atoms with E-state index in [1.54, 1.807) is 4.90 Å². The van der Waals surface area contributed by atoms with Gasteiger partial charge in [0.25, 0.3) is 0 Å². The lowest BCUT2D eigenvalue weighted by molar-refractivity contribution is -0.141. The van der Waals surface area contributed by atoms with Gasteiger partial charge in [0.05, 0.1) is 6.10 Å². The summed E-state index contributed by atoms with van der Waals surface area (Å²) in [4.78, 5) is 13.3. The van der Waals surface area contributed by atoms with Crippen LogP contribution in [0, 0.1) is 0 Å². The molecule has 3 nitrogen and oxygen atoms in total. The van der Waals surface area contributed by atoms with Crippen molar-refractivity contribution in [2.75, 3.05) is 18.8 Å². The molecule has 0 bridgehead atoms. The number of carbonyl (C=O) groups excluding carboxylic acids is 1. The van der Waals surface area contributed by atoms with Crippen LogP contribution in [0.15, 0.2) is 0 Å². The van der Waals surface area contributed by atoms with Crippen molar-refractivity contribution in [3.05, 3.63) is 0 Å². The molecule has 0 spiro atoms. The number of β-amino-alcohol motifs (C(OH)–C–C–N with tert-alkyl or cyclic N) is 1. The van der Waals surface area contributed by atoms with Crippen LogP contribution in [0.25, 0.3) is 0 Å². The summed E-state index contributed by atoms with van der Waals surface area (Å²) in [6, 6.07) is 0. The minimum absolute atomic E-state index is 0.221. The smallest absolute Gasteiger partial charge is 0.222 e. The van der Waals surface area contributed by atoms with Gasteiger partial charge < -0.3 is 10.0 Å². The predicted octanol–water partition coefficient (Wildman–Crippen LogP) is 1.90. The molecule has 0 aromatic carbocycles. The standard InChI is InChI=1S/C11H19NO2S2/c13-9-7-12(8-9)11(14)4-2-1-3-10-5-6-15-16-10/h9-10,13H,1-8H2/t10-/m0/s1. The number of aliphatic hydroxyl groups is 1. The lowest BCUT2D eigenvalue weighted by Gasteiger charge is -2.35. The number of unbranched alkanes of at least 4 members (excludes halogenated alkanes) is 1. The second kappa shape index (κ2) is 6.17. The minimum Gasteiger partial charge on any atom is -0.389 e. The van der Waals surface area contributed by atoms with Gasteiger partial charge in [-0.2, -0.15) is 0 Å². The van der Waals surface area contributed by atoms with Gasteiger partial charge in [0.2, 0.25) is 5.91 Å². The monoisotopic (exact) mass is 261 g/mol. The van der Waals surface area contributed by atoms with E-state index in [9.17, 15) is 4.79 Å². The molecule has 2 saturated heterocycles. The number of aliphatic hydroxyl groups excluding tert-OH is 1. The highest BCUT2D eigenvalue weighted by molar-refractivity contribution is 8.77. The fraction of sp³-hybridized carbons (Fsp3) is 0.909. The minimum atomic E-state index is -0.268. The second-order valence-corrected chi connectivity index (χ2v) is 7.31. The van der Waals surface area contributed by atoms with E-state index >= 15 is 0 Å². The summed E-state index contributed by atoms with van der Waals surface area (Å²) in [5.74, 6) is 1.51. The Labute approximate surface area is 105 Å². The van der Waals surface area contributed by atoms with Gasteiger partial charge in [-0.15, -0.1) is 0 Å². The van der Waals surface area contributed by atoms with Crippen molar-refractivity contribution < 1.29 is 9.90 Å². The van der Waals surface area contributed by atoms with Gasteiger partial charge in [-0.1, -0.05) is 28.0 Å². The summed E-state index contributed by atoms with van der Waals surface area (Å²) in [7, 11) is 3.99. The topological polar surface area (TPSA) is 40.5 Å². The van der Waals surface area contributed by atoms with Crippen LogP contribution in [0.1, 0.15) is 32.1 Å². The molecular formula is C11H19NO2S2. The fourth-order valence-corrected chi connectivity index (χ4v) is 5.06. The number of nitrogens with zero attached hydrogens (tertiary/aromatic N) is 1. The molecule has 5 heteroatoms. The summed E-state index contributed by atoms with van der Waals surface area (Å²) in [6.45, 7) is 1.10. The van der Waals surface area contributed by atoms with E-state index < -0.39 is 0 Å². The molecule has 0 radical (unpaired) electrons. The van der Waals surface area contributed by atoms with Crippen molar-refractivity contribution in [1.82, 2.24) is 4.90 Å². The molecule has 92 valence electrons. The Morgan fingerprint density at radius 3 is 2.81 bits per heavy atom. The fourth-order valence-electron chi connectivity index (χ4n) is 2.03. The first-order chi connectivity index (χ1) is 7.75. The molecule has 0 aromatic rings. The average molecular weight is 261 g/mol. The number of carbonyl (C=O) groups is 1. The van der Waals surface area contributed by atoms with Crippen LogP contribution in [-0.2, 0) is 4.79 Å². The number of likely N-dealkylation sites (tertiary alicyclic amines) is 1. The molecular weight excluding hydrogens is 242 g/mol. The summed E-state index contributed by atoms with van der Waals surface area (Å²) in [5.41, 5.74) is 0. The van der Waals surface area contributed by atoms with Gasteiger partial charge in [0.15, 0.2) is 0 Å². The predicted molar refractivity (Wildman–Crippen MR) is 69.5 cm³/mol. The highest BCUT2D eigenvalue weighted by Gasteiger charge is 2.28. The van der Waals surface area contributed by atoms with Crippen molar-refractivity contribution in [3.8, 4) is 0 Å². The SMILES string of the molecule is O=C(CCCC[C@H]1CCSS1)N1CC(O)C1. The zero-order valence-electron chi connectivity index (χ0n) is 9.43. The molecule has 16 heavy (non-hydrogen) atoms. The first-order valence-corrected chi connectivity index (χ1v) is 8.38. The molecule has 2 rings (SSSR count). The molecule has 0 saturated carbocycles. The van der Waals surface area contributed by atoms with Crippen LogP contribution in [-0.4, -0.2) is 46.1 Å². The average Bonchev–Trinajstić information content (AvgIpc) is 2.72. The molecule has 2 fully saturated rings. The maximum Gasteiger partial charge on any atom is 0.222 e. The van der Waals surface area contributed by atoms with Gasteiger partial charge in [-0.3, -0.25) is 4.79 Å². The molecule has 1 N–H and O–H groups in total. The lowest BCUT2D eigenvalue weighted by Crippen LogP contribution is -2.53. The van der Waals surface area contributed by atoms with Gasteiger partial charge in [-0.05, 0) is 19.3 Å². The highest BCUT2D eigenvalue weighted by atomic mass is 33.1. The van der Waals surface area contributed by atoms with Crippen LogP contribution in [0.4, 0.5) is 0 Å². The van der Waals surface area contributed by atoms with E-state index in [0.29, 0.717) is 19.5 Å². The van der Waals surface area contributed by atoms with Gasteiger partial charge in [0.1, 0.15) is 0 Å². The Morgan fingerprint density at radius 1 is 1.38 bits per heavy atom. The van der Waals surface area contributed by atoms with Crippen LogP contribution in [0.3, 0.4) is 0 Å².